The third-order valence-electron chi connectivity index (χ3n) is 4.77. The Kier molecular flexibility index (Phi) is 4.85. The van der Waals surface area contributed by atoms with Crippen LogP contribution in [0.15, 0.2) is 54.9 Å². The van der Waals surface area contributed by atoms with E-state index in [4.69, 9.17) is 9.47 Å². The number of hydrogen-bond acceptors (Lipinski definition) is 5. The molecule has 1 aliphatic rings. The number of hydrogen-bond donors (Lipinski definition) is 2. The summed E-state index contributed by atoms with van der Waals surface area (Å²) in [6.07, 6.45) is 3.26. The largest absolute Gasteiger partial charge is 0.454 e. The zero-order chi connectivity index (χ0) is 19.5. The summed E-state index contributed by atoms with van der Waals surface area (Å²) in [5, 5.41) is 6.25. The number of nitrogens with zero attached hydrogens (tertiary/aromatic N) is 1. The van der Waals surface area contributed by atoms with Crippen LogP contribution >= 0.6 is 0 Å². The van der Waals surface area contributed by atoms with Crippen molar-refractivity contribution in [2.45, 2.75) is 20.4 Å². The molecule has 2 N–H and O–H groups in total. The number of benzene rings is 2. The first-order valence-corrected chi connectivity index (χ1v) is 9.05. The molecule has 0 bridgehead atoms. The Hall–Kier alpha value is -3.54. The van der Waals surface area contributed by atoms with E-state index in [0.29, 0.717) is 17.9 Å². The quantitative estimate of drug-likeness (QED) is 0.702. The molecule has 0 saturated heterocycles. The molecule has 0 aliphatic carbocycles. The lowest BCUT2D eigenvalue weighted by Crippen LogP contribution is -2.23. The van der Waals surface area contributed by atoms with Gasteiger partial charge >= 0.3 is 0 Å². The summed E-state index contributed by atoms with van der Waals surface area (Å²) in [4.78, 5) is 16.7. The highest BCUT2D eigenvalue weighted by molar-refractivity contribution is 5.94. The molecule has 2 heterocycles. The monoisotopic (exact) mass is 375 g/mol. The zero-order valence-corrected chi connectivity index (χ0v) is 15.8. The summed E-state index contributed by atoms with van der Waals surface area (Å²) in [7, 11) is 0. The van der Waals surface area contributed by atoms with Crippen LogP contribution in [-0.2, 0) is 6.54 Å². The number of amides is 1. The van der Waals surface area contributed by atoms with Crippen LogP contribution in [-0.4, -0.2) is 17.7 Å². The van der Waals surface area contributed by atoms with Crippen molar-refractivity contribution in [3.8, 4) is 11.5 Å². The number of nitrogens with one attached hydrogen (secondary N) is 2. The maximum Gasteiger partial charge on any atom is 0.253 e. The number of aryl methyl sites for hydroxylation is 1. The number of aromatic nitrogens is 1. The molecule has 1 aromatic heterocycles. The SMILES string of the molecule is Cc1cccc(Nc2cncc(C(=O)NCc3ccc4c(c3)OCO4)c2)c1C. The van der Waals surface area contributed by atoms with Crippen molar-refractivity contribution in [2.75, 3.05) is 12.1 Å². The highest BCUT2D eigenvalue weighted by Gasteiger charge is 2.14. The average Bonchev–Trinajstić information content (AvgIpc) is 3.18. The van der Waals surface area contributed by atoms with E-state index in [1.54, 1.807) is 18.5 Å². The second-order valence-electron chi connectivity index (χ2n) is 6.71. The Morgan fingerprint density at radius 3 is 2.82 bits per heavy atom. The molecule has 2 aromatic carbocycles. The van der Waals surface area contributed by atoms with Crippen LogP contribution in [0.3, 0.4) is 0 Å². The first-order valence-electron chi connectivity index (χ1n) is 9.05. The van der Waals surface area contributed by atoms with E-state index in [1.807, 2.05) is 30.3 Å². The van der Waals surface area contributed by atoms with Crippen LogP contribution in [0.4, 0.5) is 11.4 Å². The van der Waals surface area contributed by atoms with Crippen molar-refractivity contribution in [2.24, 2.45) is 0 Å². The summed E-state index contributed by atoms with van der Waals surface area (Å²) in [6, 6.07) is 13.5. The summed E-state index contributed by atoms with van der Waals surface area (Å²) >= 11 is 0. The van der Waals surface area contributed by atoms with Crippen molar-refractivity contribution >= 4 is 17.3 Å². The van der Waals surface area contributed by atoms with Crippen molar-refractivity contribution < 1.29 is 14.3 Å². The molecule has 0 unspecified atom stereocenters. The van der Waals surface area contributed by atoms with Gasteiger partial charge in [0.25, 0.3) is 5.91 Å². The van der Waals surface area contributed by atoms with Crippen LogP contribution < -0.4 is 20.1 Å². The van der Waals surface area contributed by atoms with Gasteiger partial charge in [-0.05, 0) is 54.8 Å². The van der Waals surface area contributed by atoms with Crippen LogP contribution in [0, 0.1) is 13.8 Å². The van der Waals surface area contributed by atoms with Crippen LogP contribution in [0.1, 0.15) is 27.0 Å². The molecule has 6 heteroatoms. The van der Waals surface area contributed by atoms with E-state index >= 15 is 0 Å². The van der Waals surface area contributed by atoms with Gasteiger partial charge in [0, 0.05) is 18.4 Å². The molecule has 1 aliphatic heterocycles. The number of rotatable bonds is 5. The van der Waals surface area contributed by atoms with Crippen LogP contribution in [0.2, 0.25) is 0 Å². The van der Waals surface area contributed by atoms with E-state index in [9.17, 15) is 4.79 Å². The predicted molar refractivity (Wildman–Crippen MR) is 107 cm³/mol. The van der Waals surface area contributed by atoms with Gasteiger partial charge in [0.15, 0.2) is 11.5 Å². The lowest BCUT2D eigenvalue weighted by atomic mass is 10.1. The molecular formula is C22H21N3O3. The second-order valence-corrected chi connectivity index (χ2v) is 6.71. The minimum atomic E-state index is -0.185. The smallest absolute Gasteiger partial charge is 0.253 e. The fourth-order valence-electron chi connectivity index (χ4n) is 3.01. The number of pyridine rings is 1. The Balaban J connectivity index is 1.43. The molecule has 0 fully saturated rings. The summed E-state index contributed by atoms with van der Waals surface area (Å²) in [6.45, 7) is 4.76. The van der Waals surface area contributed by atoms with E-state index in [0.717, 1.165) is 22.7 Å². The third-order valence-corrected chi connectivity index (χ3v) is 4.77. The van der Waals surface area contributed by atoms with Crippen LogP contribution in [0.5, 0.6) is 11.5 Å². The molecule has 4 rings (SSSR count). The van der Waals surface area contributed by atoms with Gasteiger partial charge in [0.2, 0.25) is 6.79 Å². The first-order chi connectivity index (χ1) is 13.6. The Morgan fingerprint density at radius 2 is 1.93 bits per heavy atom. The third kappa shape index (κ3) is 3.76. The Bertz CT molecular complexity index is 1030. The first kappa shape index (κ1) is 17.9. The molecule has 142 valence electrons. The maximum atomic E-state index is 12.5. The molecule has 0 atom stereocenters. The van der Waals surface area contributed by atoms with Gasteiger partial charge < -0.3 is 20.1 Å². The molecule has 0 spiro atoms. The van der Waals surface area contributed by atoms with Gasteiger partial charge in [0.05, 0.1) is 17.4 Å². The summed E-state index contributed by atoms with van der Waals surface area (Å²) in [5.74, 6) is 1.24. The highest BCUT2D eigenvalue weighted by atomic mass is 16.7. The van der Waals surface area contributed by atoms with Crippen molar-refractivity contribution in [3.63, 3.8) is 0 Å². The van der Waals surface area contributed by atoms with E-state index in [-0.39, 0.29) is 12.7 Å². The minimum absolute atomic E-state index is 0.185. The van der Waals surface area contributed by atoms with E-state index in [2.05, 4.69) is 35.5 Å². The number of fused-ring (bicyclic) bond motifs is 1. The molecule has 0 radical (unpaired) electrons. The number of anilines is 2. The molecular weight excluding hydrogens is 354 g/mol. The van der Waals surface area contributed by atoms with Crippen molar-refractivity contribution in [1.82, 2.24) is 10.3 Å². The highest BCUT2D eigenvalue weighted by Crippen LogP contribution is 2.32. The predicted octanol–water partition coefficient (Wildman–Crippen LogP) is 4.10. The van der Waals surface area contributed by atoms with Gasteiger partial charge in [0.1, 0.15) is 0 Å². The Labute approximate surface area is 163 Å². The summed E-state index contributed by atoms with van der Waals surface area (Å²) < 4.78 is 10.7. The zero-order valence-electron chi connectivity index (χ0n) is 15.8. The van der Waals surface area contributed by atoms with Gasteiger partial charge in [-0.15, -0.1) is 0 Å². The van der Waals surface area contributed by atoms with Gasteiger partial charge in [-0.25, -0.2) is 0 Å². The number of carbonyl (C=O) groups excluding carboxylic acids is 1. The number of ether oxygens (including phenoxy) is 2. The Morgan fingerprint density at radius 1 is 1.07 bits per heavy atom. The molecule has 3 aromatic rings. The lowest BCUT2D eigenvalue weighted by Gasteiger charge is -2.12. The van der Waals surface area contributed by atoms with Gasteiger partial charge in [-0.1, -0.05) is 18.2 Å². The second kappa shape index (κ2) is 7.60. The fraction of sp³-hybridized carbons (Fsp3) is 0.182. The van der Waals surface area contributed by atoms with Gasteiger partial charge in [-0.2, -0.15) is 0 Å². The summed E-state index contributed by atoms with van der Waals surface area (Å²) in [5.41, 5.74) is 5.58. The standard InChI is InChI=1S/C22H21N3O3/c1-14-4-3-5-19(15(14)2)25-18-9-17(11-23-12-18)22(26)24-10-16-6-7-20-21(8-16)28-13-27-20/h3-9,11-12,25H,10,13H2,1-2H3,(H,24,26). The normalized spacial score (nSPS) is 11.9. The molecule has 1 amide bonds. The average molecular weight is 375 g/mol. The molecule has 6 nitrogen and oxygen atoms in total. The minimum Gasteiger partial charge on any atom is -0.454 e. The van der Waals surface area contributed by atoms with Gasteiger partial charge in [-0.3, -0.25) is 9.78 Å². The lowest BCUT2D eigenvalue weighted by molar-refractivity contribution is 0.0950. The van der Waals surface area contributed by atoms with E-state index in [1.165, 1.54) is 11.1 Å². The van der Waals surface area contributed by atoms with E-state index < -0.39 is 0 Å². The topological polar surface area (TPSA) is 72.5 Å². The maximum absolute atomic E-state index is 12.5. The van der Waals surface area contributed by atoms with Crippen molar-refractivity contribution in [3.05, 3.63) is 77.1 Å². The number of carbonyl (C=O) groups is 1. The van der Waals surface area contributed by atoms with Crippen LogP contribution in [0.25, 0.3) is 0 Å². The molecule has 0 saturated carbocycles. The van der Waals surface area contributed by atoms with Crippen molar-refractivity contribution in [1.29, 1.82) is 0 Å². The fourth-order valence-corrected chi connectivity index (χ4v) is 3.01. The molecule has 28 heavy (non-hydrogen) atoms.